The summed E-state index contributed by atoms with van der Waals surface area (Å²) in [6.07, 6.45) is 1.79. The van der Waals surface area contributed by atoms with Crippen molar-refractivity contribution in [3.05, 3.63) is 40.8 Å². The highest BCUT2D eigenvalue weighted by Crippen LogP contribution is 2.30. The van der Waals surface area contributed by atoms with E-state index in [-0.39, 0.29) is 18.6 Å². The highest BCUT2D eigenvalue weighted by molar-refractivity contribution is 5.79. The van der Waals surface area contributed by atoms with E-state index in [9.17, 15) is 9.59 Å². The van der Waals surface area contributed by atoms with Crippen molar-refractivity contribution in [2.45, 2.75) is 31.5 Å². The van der Waals surface area contributed by atoms with E-state index in [1.807, 2.05) is 6.92 Å². The molecule has 144 valence electrons. The van der Waals surface area contributed by atoms with Gasteiger partial charge in [0.15, 0.2) is 6.61 Å². The molecule has 2 aliphatic heterocycles. The number of nitrogens with zero attached hydrogens (tertiary/aromatic N) is 1. The van der Waals surface area contributed by atoms with Crippen molar-refractivity contribution in [2.75, 3.05) is 32.9 Å². The predicted molar refractivity (Wildman–Crippen MR) is 97.9 cm³/mol. The lowest BCUT2D eigenvalue weighted by molar-refractivity contribution is -0.199. The van der Waals surface area contributed by atoms with Gasteiger partial charge in [-0.15, -0.1) is 0 Å². The van der Waals surface area contributed by atoms with Gasteiger partial charge in [0.2, 0.25) is 0 Å². The van der Waals surface area contributed by atoms with Crippen LogP contribution < -0.4 is 10.4 Å². The van der Waals surface area contributed by atoms with E-state index in [1.165, 1.54) is 6.07 Å². The summed E-state index contributed by atoms with van der Waals surface area (Å²) in [6, 6.07) is 8.24. The average Bonchev–Trinajstić information content (AvgIpc) is 2.65. The molecule has 2 aliphatic rings. The molecule has 1 amide bonds. The second kappa shape index (κ2) is 7.32. The van der Waals surface area contributed by atoms with Gasteiger partial charge >= 0.3 is 5.63 Å². The molecule has 27 heavy (non-hydrogen) atoms. The highest BCUT2D eigenvalue weighted by Gasteiger charge is 2.42. The number of hydrogen-bond donors (Lipinski definition) is 0. The summed E-state index contributed by atoms with van der Waals surface area (Å²) >= 11 is 0. The molecule has 2 fully saturated rings. The standard InChI is InChI=1S/C20H23NO6/c1-14-10-21(12-20(27-14)7-2-8-24-13-20)18(22)11-25-16-5-3-15-4-6-19(23)26-17(15)9-16/h3-6,9,14H,2,7-8,10-13H2,1H3/t14-,20+/m1/s1. The first kappa shape index (κ1) is 18.0. The Labute approximate surface area is 156 Å². The van der Waals surface area contributed by atoms with E-state index in [2.05, 4.69) is 0 Å². The smallest absolute Gasteiger partial charge is 0.336 e. The number of carbonyl (C=O) groups excluding carboxylic acids is 1. The number of morpholine rings is 1. The van der Waals surface area contributed by atoms with Crippen LogP contribution in [0.25, 0.3) is 11.0 Å². The van der Waals surface area contributed by atoms with Crippen LogP contribution >= 0.6 is 0 Å². The monoisotopic (exact) mass is 373 g/mol. The molecule has 0 aliphatic carbocycles. The Hall–Kier alpha value is -2.38. The first-order valence-electron chi connectivity index (χ1n) is 9.23. The van der Waals surface area contributed by atoms with Crippen molar-refractivity contribution in [1.82, 2.24) is 4.90 Å². The largest absolute Gasteiger partial charge is 0.484 e. The van der Waals surface area contributed by atoms with Gasteiger partial charge in [-0.25, -0.2) is 4.79 Å². The maximum atomic E-state index is 12.7. The van der Waals surface area contributed by atoms with Gasteiger partial charge in [0.25, 0.3) is 5.91 Å². The summed E-state index contributed by atoms with van der Waals surface area (Å²) < 4.78 is 22.5. The number of rotatable bonds is 3. The molecule has 2 atom stereocenters. The van der Waals surface area contributed by atoms with Crippen molar-refractivity contribution < 1.29 is 23.4 Å². The number of fused-ring (bicyclic) bond motifs is 1. The Morgan fingerprint density at radius 3 is 3.00 bits per heavy atom. The van der Waals surface area contributed by atoms with Crippen molar-refractivity contribution >= 4 is 16.9 Å². The summed E-state index contributed by atoms with van der Waals surface area (Å²) in [7, 11) is 0. The van der Waals surface area contributed by atoms with Crippen LogP contribution in [-0.4, -0.2) is 55.4 Å². The Bertz CT molecular complexity index is 885. The van der Waals surface area contributed by atoms with Crippen molar-refractivity contribution in [2.24, 2.45) is 0 Å². The number of ether oxygens (including phenoxy) is 3. The van der Waals surface area contributed by atoms with Crippen molar-refractivity contribution in [3.63, 3.8) is 0 Å². The van der Waals surface area contributed by atoms with Crippen molar-refractivity contribution in [3.8, 4) is 5.75 Å². The molecule has 0 saturated carbocycles. The summed E-state index contributed by atoms with van der Waals surface area (Å²) in [5.41, 5.74) is -0.387. The molecule has 0 bridgehead atoms. The van der Waals surface area contributed by atoms with Crippen LogP contribution in [0.1, 0.15) is 19.8 Å². The Balaban J connectivity index is 1.42. The molecule has 1 aromatic carbocycles. The predicted octanol–water partition coefficient (Wildman–Crippen LogP) is 1.97. The molecule has 7 nitrogen and oxygen atoms in total. The lowest BCUT2D eigenvalue weighted by Gasteiger charge is -2.47. The number of hydrogen-bond acceptors (Lipinski definition) is 6. The highest BCUT2D eigenvalue weighted by atomic mass is 16.6. The normalized spacial score (nSPS) is 25.7. The second-order valence-corrected chi connectivity index (χ2v) is 7.28. The van der Waals surface area contributed by atoms with Crippen molar-refractivity contribution in [1.29, 1.82) is 0 Å². The molecule has 1 spiro atoms. The number of amides is 1. The van der Waals surface area contributed by atoms with Gasteiger partial charge in [0, 0.05) is 30.7 Å². The van der Waals surface area contributed by atoms with Gasteiger partial charge in [-0.05, 0) is 38.0 Å². The minimum Gasteiger partial charge on any atom is -0.484 e. The van der Waals surface area contributed by atoms with E-state index < -0.39 is 11.2 Å². The molecular weight excluding hydrogens is 350 g/mol. The number of benzene rings is 1. The van der Waals surface area contributed by atoms with Crippen LogP contribution in [0.5, 0.6) is 5.75 Å². The van der Waals surface area contributed by atoms with Crippen LogP contribution in [0.3, 0.4) is 0 Å². The second-order valence-electron chi connectivity index (χ2n) is 7.28. The van der Waals surface area contributed by atoms with E-state index >= 15 is 0 Å². The molecule has 3 heterocycles. The molecule has 7 heteroatoms. The first-order valence-corrected chi connectivity index (χ1v) is 9.23. The average molecular weight is 373 g/mol. The van der Waals surface area contributed by atoms with Gasteiger partial charge in [0.1, 0.15) is 16.9 Å². The number of carbonyl (C=O) groups is 1. The van der Waals surface area contributed by atoms with Gasteiger partial charge in [0.05, 0.1) is 19.3 Å². The molecule has 0 N–H and O–H groups in total. The first-order chi connectivity index (χ1) is 13.0. The third-order valence-electron chi connectivity index (χ3n) is 5.00. The van der Waals surface area contributed by atoms with E-state index in [1.54, 1.807) is 29.2 Å². The SMILES string of the molecule is C[C@@H]1CN(C(=O)COc2ccc3ccc(=O)oc3c2)C[C@]2(CCCOC2)O1. The Morgan fingerprint density at radius 2 is 2.19 bits per heavy atom. The topological polar surface area (TPSA) is 78.2 Å². The third-order valence-corrected chi connectivity index (χ3v) is 5.00. The summed E-state index contributed by atoms with van der Waals surface area (Å²) in [6.45, 7) is 4.22. The lowest BCUT2D eigenvalue weighted by Crippen LogP contribution is -2.60. The van der Waals surface area contributed by atoms with Crippen LogP contribution in [-0.2, 0) is 14.3 Å². The van der Waals surface area contributed by atoms with E-state index in [4.69, 9.17) is 18.6 Å². The summed E-state index contributed by atoms with van der Waals surface area (Å²) in [5, 5.41) is 0.800. The fourth-order valence-corrected chi connectivity index (χ4v) is 3.83. The zero-order chi connectivity index (χ0) is 18.9. The van der Waals surface area contributed by atoms with Gasteiger partial charge in [-0.3, -0.25) is 4.79 Å². The summed E-state index contributed by atoms with van der Waals surface area (Å²) in [4.78, 5) is 25.8. The summed E-state index contributed by atoms with van der Waals surface area (Å²) in [5.74, 6) is 0.395. The van der Waals surface area contributed by atoms with Gasteiger partial charge in [-0.2, -0.15) is 0 Å². The lowest BCUT2D eigenvalue weighted by atomic mass is 9.93. The van der Waals surface area contributed by atoms with E-state index in [0.717, 1.165) is 24.8 Å². The van der Waals surface area contributed by atoms with Gasteiger partial charge in [-0.1, -0.05) is 0 Å². The Kier molecular flexibility index (Phi) is 4.88. The van der Waals surface area contributed by atoms with Crippen LogP contribution in [0.2, 0.25) is 0 Å². The molecule has 2 aromatic rings. The molecule has 4 rings (SSSR count). The third kappa shape index (κ3) is 3.99. The fraction of sp³-hybridized carbons (Fsp3) is 0.500. The molecule has 2 saturated heterocycles. The molecule has 1 aromatic heterocycles. The molecule has 0 unspecified atom stereocenters. The fourth-order valence-electron chi connectivity index (χ4n) is 3.83. The van der Waals surface area contributed by atoms with Gasteiger partial charge < -0.3 is 23.5 Å². The quantitative estimate of drug-likeness (QED) is 0.766. The zero-order valence-electron chi connectivity index (χ0n) is 15.3. The van der Waals surface area contributed by atoms with Crippen LogP contribution in [0, 0.1) is 0 Å². The zero-order valence-corrected chi connectivity index (χ0v) is 15.3. The molecule has 0 radical (unpaired) electrons. The van der Waals surface area contributed by atoms with Crippen LogP contribution in [0.15, 0.2) is 39.5 Å². The minimum atomic E-state index is -0.418. The maximum Gasteiger partial charge on any atom is 0.336 e. The van der Waals surface area contributed by atoms with E-state index in [0.29, 0.717) is 31.0 Å². The molecular formula is C20H23NO6. The minimum absolute atomic E-state index is 0.0423. The Morgan fingerprint density at radius 1 is 1.33 bits per heavy atom. The van der Waals surface area contributed by atoms with Crippen LogP contribution in [0.4, 0.5) is 0 Å². The maximum absolute atomic E-state index is 12.7.